The molecular formula is C14H15BrO2S. The first-order chi connectivity index (χ1) is 8.79. The van der Waals surface area contributed by atoms with Crippen LogP contribution in [0, 0.1) is 0 Å². The summed E-state index contributed by atoms with van der Waals surface area (Å²) in [4.78, 5) is 0. The van der Waals surface area contributed by atoms with Crippen molar-refractivity contribution in [3.05, 3.63) is 40.9 Å². The van der Waals surface area contributed by atoms with Crippen LogP contribution in [-0.2, 0) is 4.74 Å². The summed E-state index contributed by atoms with van der Waals surface area (Å²) in [5.41, 5.74) is 0. The van der Waals surface area contributed by atoms with Gasteiger partial charge in [0, 0.05) is 10.2 Å². The molecule has 2 aromatic rings. The van der Waals surface area contributed by atoms with Crippen LogP contribution in [0.4, 0.5) is 0 Å². The van der Waals surface area contributed by atoms with E-state index in [1.807, 2.05) is 18.2 Å². The Balaban J connectivity index is 1.95. The van der Waals surface area contributed by atoms with Crippen molar-refractivity contribution < 1.29 is 9.47 Å². The van der Waals surface area contributed by atoms with Crippen LogP contribution in [-0.4, -0.2) is 25.6 Å². The van der Waals surface area contributed by atoms with Gasteiger partial charge in [0.05, 0.1) is 13.2 Å². The fourth-order valence-corrected chi connectivity index (χ4v) is 2.18. The third-order valence-corrected chi connectivity index (χ3v) is 3.18. The summed E-state index contributed by atoms with van der Waals surface area (Å²) in [5.74, 6) is 1.62. The molecule has 0 bridgehead atoms. The highest BCUT2D eigenvalue weighted by atomic mass is 79.9. The van der Waals surface area contributed by atoms with E-state index in [4.69, 9.17) is 9.47 Å². The minimum absolute atomic E-state index is 0.565. The summed E-state index contributed by atoms with van der Waals surface area (Å²) < 4.78 is 12.0. The van der Waals surface area contributed by atoms with Crippen molar-refractivity contribution in [2.45, 2.75) is 0 Å². The van der Waals surface area contributed by atoms with E-state index in [1.165, 1.54) is 10.8 Å². The van der Waals surface area contributed by atoms with E-state index in [2.05, 4.69) is 46.8 Å². The summed E-state index contributed by atoms with van der Waals surface area (Å²) in [6, 6.07) is 12.3. The van der Waals surface area contributed by atoms with Crippen LogP contribution in [0.25, 0.3) is 10.8 Å². The lowest BCUT2D eigenvalue weighted by Crippen LogP contribution is -2.07. The van der Waals surface area contributed by atoms with E-state index in [9.17, 15) is 0 Å². The van der Waals surface area contributed by atoms with E-state index in [0.29, 0.717) is 19.8 Å². The van der Waals surface area contributed by atoms with Crippen LogP contribution in [0.1, 0.15) is 0 Å². The summed E-state index contributed by atoms with van der Waals surface area (Å²) in [6.45, 7) is 1.83. The first kappa shape index (κ1) is 13.7. The molecule has 96 valence electrons. The third-order valence-electron chi connectivity index (χ3n) is 2.51. The van der Waals surface area contributed by atoms with Crippen LogP contribution < -0.4 is 4.74 Å². The predicted molar refractivity (Wildman–Crippen MR) is 81.8 cm³/mol. The molecule has 0 aromatic heterocycles. The lowest BCUT2D eigenvalue weighted by atomic mass is 10.1. The normalized spacial score (nSPS) is 10.8. The van der Waals surface area contributed by atoms with E-state index in [0.717, 1.165) is 16.0 Å². The molecule has 2 aromatic carbocycles. The Morgan fingerprint density at radius 3 is 2.56 bits per heavy atom. The molecule has 0 fully saturated rings. The molecule has 0 aliphatic carbocycles. The molecule has 0 atom stereocenters. The Bertz CT molecular complexity index is 516. The van der Waals surface area contributed by atoms with Gasteiger partial charge in [0.15, 0.2) is 0 Å². The van der Waals surface area contributed by atoms with Gasteiger partial charge in [-0.05, 0) is 35.0 Å². The maximum Gasteiger partial charge on any atom is 0.120 e. The summed E-state index contributed by atoms with van der Waals surface area (Å²) in [7, 11) is 0. The highest BCUT2D eigenvalue weighted by Gasteiger charge is 1.98. The maximum atomic E-state index is 5.63. The largest absolute Gasteiger partial charge is 0.491 e. The number of halogens is 1. The van der Waals surface area contributed by atoms with Crippen LogP contribution in [0.15, 0.2) is 40.9 Å². The first-order valence-corrected chi connectivity index (χ1v) is 7.23. The number of rotatable bonds is 6. The van der Waals surface area contributed by atoms with Gasteiger partial charge in [0.25, 0.3) is 0 Å². The fourth-order valence-electron chi connectivity index (χ4n) is 1.67. The Labute approximate surface area is 121 Å². The number of hydrogen-bond acceptors (Lipinski definition) is 3. The first-order valence-electron chi connectivity index (χ1n) is 5.80. The van der Waals surface area contributed by atoms with Gasteiger partial charge in [-0.1, -0.05) is 28.1 Å². The van der Waals surface area contributed by atoms with Crippen LogP contribution >= 0.6 is 28.6 Å². The van der Waals surface area contributed by atoms with Crippen molar-refractivity contribution >= 4 is 39.3 Å². The number of thiol groups is 1. The van der Waals surface area contributed by atoms with Crippen molar-refractivity contribution in [3.8, 4) is 5.75 Å². The molecule has 4 heteroatoms. The molecule has 0 amide bonds. The maximum absolute atomic E-state index is 5.63. The van der Waals surface area contributed by atoms with Crippen LogP contribution in [0.5, 0.6) is 5.75 Å². The second-order valence-electron chi connectivity index (χ2n) is 3.84. The Morgan fingerprint density at radius 1 is 0.944 bits per heavy atom. The SMILES string of the molecule is SCCOCCOc1ccc2cc(Br)ccc2c1. The Morgan fingerprint density at radius 2 is 1.72 bits per heavy atom. The molecule has 0 N–H and O–H groups in total. The average Bonchev–Trinajstić information content (AvgIpc) is 2.38. The fraction of sp³-hybridized carbons (Fsp3) is 0.286. The number of fused-ring (bicyclic) bond motifs is 1. The number of benzene rings is 2. The van der Waals surface area contributed by atoms with Crippen molar-refractivity contribution in [3.63, 3.8) is 0 Å². The molecule has 2 nitrogen and oxygen atoms in total. The third kappa shape index (κ3) is 3.90. The van der Waals surface area contributed by atoms with E-state index in [1.54, 1.807) is 0 Å². The molecule has 0 unspecified atom stereocenters. The van der Waals surface area contributed by atoms with Gasteiger partial charge in [-0.25, -0.2) is 0 Å². The Kier molecular flexibility index (Phi) is 5.35. The van der Waals surface area contributed by atoms with Crippen LogP contribution in [0.3, 0.4) is 0 Å². The standard InChI is InChI=1S/C14H15BrO2S/c15-13-3-1-12-10-14(4-2-11(12)9-13)17-6-5-16-7-8-18/h1-4,9-10,18H,5-8H2. The molecule has 0 saturated carbocycles. The minimum Gasteiger partial charge on any atom is -0.491 e. The Hall–Kier alpha value is -0.710. The summed E-state index contributed by atoms with van der Waals surface area (Å²) in [5, 5.41) is 2.37. The minimum atomic E-state index is 0.565. The van der Waals surface area contributed by atoms with Crippen molar-refractivity contribution in [2.75, 3.05) is 25.6 Å². The highest BCUT2D eigenvalue weighted by molar-refractivity contribution is 9.10. The highest BCUT2D eigenvalue weighted by Crippen LogP contribution is 2.23. The van der Waals surface area contributed by atoms with Gasteiger partial charge in [-0.3, -0.25) is 0 Å². The molecule has 0 heterocycles. The van der Waals surface area contributed by atoms with Crippen molar-refractivity contribution in [1.82, 2.24) is 0 Å². The van der Waals surface area contributed by atoms with Gasteiger partial charge in [-0.15, -0.1) is 0 Å². The average molecular weight is 327 g/mol. The number of hydrogen-bond donors (Lipinski definition) is 1. The van der Waals surface area contributed by atoms with E-state index < -0.39 is 0 Å². The monoisotopic (exact) mass is 326 g/mol. The van der Waals surface area contributed by atoms with Gasteiger partial charge < -0.3 is 9.47 Å². The van der Waals surface area contributed by atoms with E-state index >= 15 is 0 Å². The van der Waals surface area contributed by atoms with Gasteiger partial charge in [0.2, 0.25) is 0 Å². The molecule has 18 heavy (non-hydrogen) atoms. The van der Waals surface area contributed by atoms with Gasteiger partial charge in [0.1, 0.15) is 12.4 Å². The predicted octanol–water partition coefficient (Wildman–Crippen LogP) is 3.93. The number of ether oxygens (including phenoxy) is 2. The molecule has 0 radical (unpaired) electrons. The molecule has 0 aliphatic rings. The summed E-state index contributed by atoms with van der Waals surface area (Å²) in [6.07, 6.45) is 0. The van der Waals surface area contributed by atoms with Crippen LogP contribution in [0.2, 0.25) is 0 Å². The topological polar surface area (TPSA) is 18.5 Å². The molecule has 0 saturated heterocycles. The zero-order chi connectivity index (χ0) is 12.8. The molecule has 2 rings (SSSR count). The molecule has 0 spiro atoms. The smallest absolute Gasteiger partial charge is 0.120 e. The summed E-state index contributed by atoms with van der Waals surface area (Å²) >= 11 is 7.53. The zero-order valence-electron chi connectivity index (χ0n) is 9.93. The second-order valence-corrected chi connectivity index (χ2v) is 5.20. The molecule has 0 aliphatic heterocycles. The quantitative estimate of drug-likeness (QED) is 0.640. The lowest BCUT2D eigenvalue weighted by Gasteiger charge is -2.07. The van der Waals surface area contributed by atoms with Crippen molar-refractivity contribution in [1.29, 1.82) is 0 Å². The van der Waals surface area contributed by atoms with Crippen molar-refractivity contribution in [2.24, 2.45) is 0 Å². The molecular weight excluding hydrogens is 312 g/mol. The lowest BCUT2D eigenvalue weighted by molar-refractivity contribution is 0.112. The zero-order valence-corrected chi connectivity index (χ0v) is 12.4. The van der Waals surface area contributed by atoms with Gasteiger partial charge >= 0.3 is 0 Å². The van der Waals surface area contributed by atoms with E-state index in [-0.39, 0.29) is 0 Å². The van der Waals surface area contributed by atoms with Gasteiger partial charge in [-0.2, -0.15) is 12.6 Å². The second kappa shape index (κ2) is 7.02.